The van der Waals surface area contributed by atoms with Gasteiger partial charge in [0, 0.05) is 18.0 Å². The number of halogens is 4. The van der Waals surface area contributed by atoms with Gasteiger partial charge in [0.05, 0.1) is 6.20 Å². The Morgan fingerprint density at radius 2 is 2.00 bits per heavy atom. The van der Waals surface area contributed by atoms with Crippen LogP contribution in [0, 0.1) is 6.92 Å². The van der Waals surface area contributed by atoms with Crippen molar-refractivity contribution in [2.24, 2.45) is 0 Å². The second kappa shape index (κ2) is 6.14. The number of hydrogen-bond donors (Lipinski definition) is 0. The second-order valence-electron chi connectivity index (χ2n) is 3.81. The van der Waals surface area contributed by atoms with Crippen LogP contribution in [0.25, 0.3) is 0 Å². The predicted octanol–water partition coefficient (Wildman–Crippen LogP) is 0.938. The van der Waals surface area contributed by atoms with E-state index < -0.39 is 24.0 Å². The number of alkyl halides is 4. The Balaban J connectivity index is 3.10. The first kappa shape index (κ1) is 15.6. The van der Waals surface area contributed by atoms with Crippen LogP contribution >= 0.6 is 11.6 Å². The van der Waals surface area contributed by atoms with Crippen LogP contribution in [-0.2, 0) is 6.54 Å². The minimum atomic E-state index is -4.57. The van der Waals surface area contributed by atoms with Gasteiger partial charge in [0.15, 0.2) is 0 Å². The van der Waals surface area contributed by atoms with E-state index in [0.717, 1.165) is 10.8 Å². The summed E-state index contributed by atoms with van der Waals surface area (Å²) in [5.74, 6) is 0.225. The summed E-state index contributed by atoms with van der Waals surface area (Å²) in [5, 5.41) is 0. The van der Waals surface area contributed by atoms with Gasteiger partial charge in [0.1, 0.15) is 0 Å². The third-order valence-electron chi connectivity index (χ3n) is 2.20. The van der Waals surface area contributed by atoms with Gasteiger partial charge in [-0.25, -0.2) is 4.79 Å². The molecule has 1 aromatic rings. The van der Waals surface area contributed by atoms with Crippen LogP contribution in [0.3, 0.4) is 0 Å². The quantitative estimate of drug-likeness (QED) is 0.761. The van der Waals surface area contributed by atoms with E-state index in [1.807, 2.05) is 0 Å². The molecule has 19 heavy (non-hydrogen) atoms. The second-order valence-corrected chi connectivity index (χ2v) is 4.19. The smallest absolute Gasteiger partial charge is 0.400 e. The maximum absolute atomic E-state index is 12.0. The highest BCUT2D eigenvalue weighted by Gasteiger charge is 2.29. The predicted molar refractivity (Wildman–Crippen MR) is 62.5 cm³/mol. The van der Waals surface area contributed by atoms with E-state index in [0.29, 0.717) is 11.2 Å². The van der Waals surface area contributed by atoms with Crippen molar-refractivity contribution in [3.63, 3.8) is 0 Å². The van der Waals surface area contributed by atoms with Gasteiger partial charge in [-0.15, -0.1) is 16.3 Å². The average molecular weight is 301 g/mol. The van der Waals surface area contributed by atoms with Gasteiger partial charge in [-0.05, 0) is 13.3 Å². The van der Waals surface area contributed by atoms with Crippen LogP contribution in [0.4, 0.5) is 13.2 Å². The largest absolute Gasteiger partial charge is 0.425 e. The third kappa shape index (κ3) is 4.30. The lowest BCUT2D eigenvalue weighted by atomic mass is 10.3. The van der Waals surface area contributed by atoms with Crippen molar-refractivity contribution < 1.29 is 18.0 Å². The lowest BCUT2D eigenvalue weighted by molar-refractivity contribution is -0.176. The Morgan fingerprint density at radius 1 is 1.37 bits per heavy atom. The van der Waals surface area contributed by atoms with Crippen LogP contribution in [0.1, 0.15) is 12.0 Å². The molecule has 0 aliphatic heterocycles. The summed E-state index contributed by atoms with van der Waals surface area (Å²) >= 11 is 5.45. The van der Waals surface area contributed by atoms with E-state index in [-0.39, 0.29) is 18.0 Å². The Kier molecular flexibility index (Phi) is 5.04. The van der Waals surface area contributed by atoms with Crippen LogP contribution < -0.4 is 16.1 Å². The zero-order chi connectivity index (χ0) is 14.6. The first-order valence-electron chi connectivity index (χ1n) is 5.35. The van der Waals surface area contributed by atoms with Crippen molar-refractivity contribution in [1.82, 2.24) is 9.30 Å². The van der Waals surface area contributed by atoms with Crippen molar-refractivity contribution in [2.75, 3.05) is 12.5 Å². The SMILES string of the molecule is Cc1cn(OCC(F)(F)F)c(=O)n(CCCCl)c1=O. The molecule has 0 aliphatic carbocycles. The van der Waals surface area contributed by atoms with E-state index in [4.69, 9.17) is 11.6 Å². The topological polar surface area (TPSA) is 53.2 Å². The Bertz CT molecular complexity index is 550. The molecular weight excluding hydrogens is 289 g/mol. The number of nitrogens with zero attached hydrogens (tertiary/aromatic N) is 2. The van der Waals surface area contributed by atoms with Gasteiger partial charge in [0.2, 0.25) is 6.61 Å². The van der Waals surface area contributed by atoms with Crippen molar-refractivity contribution in [2.45, 2.75) is 26.1 Å². The highest BCUT2D eigenvalue weighted by molar-refractivity contribution is 6.17. The third-order valence-corrected chi connectivity index (χ3v) is 2.46. The summed E-state index contributed by atoms with van der Waals surface area (Å²) in [6.45, 7) is -0.204. The molecule has 0 radical (unpaired) electrons. The number of aromatic nitrogens is 2. The monoisotopic (exact) mass is 300 g/mol. The molecule has 0 atom stereocenters. The van der Waals surface area contributed by atoms with Gasteiger partial charge >= 0.3 is 11.9 Å². The molecule has 0 unspecified atom stereocenters. The summed E-state index contributed by atoms with van der Waals surface area (Å²) < 4.78 is 37.3. The van der Waals surface area contributed by atoms with Crippen molar-refractivity contribution in [3.05, 3.63) is 32.6 Å². The molecule has 0 amide bonds. The van der Waals surface area contributed by atoms with Gasteiger partial charge in [-0.1, -0.05) is 0 Å². The van der Waals surface area contributed by atoms with Gasteiger partial charge in [-0.2, -0.15) is 13.2 Å². The van der Waals surface area contributed by atoms with Gasteiger partial charge in [-0.3, -0.25) is 9.36 Å². The molecule has 1 rings (SSSR count). The molecule has 0 aliphatic rings. The maximum atomic E-state index is 12.0. The fourth-order valence-corrected chi connectivity index (χ4v) is 1.47. The Hall–Kier alpha value is -1.44. The Labute approximate surface area is 111 Å². The summed E-state index contributed by atoms with van der Waals surface area (Å²) in [6.07, 6.45) is -3.28. The molecule has 0 N–H and O–H groups in total. The molecule has 0 bridgehead atoms. The van der Waals surface area contributed by atoms with Crippen LogP contribution in [-0.4, -0.2) is 28.0 Å². The molecule has 9 heteroatoms. The van der Waals surface area contributed by atoms with Crippen molar-refractivity contribution >= 4 is 11.6 Å². The molecule has 0 saturated carbocycles. The Morgan fingerprint density at radius 3 is 2.53 bits per heavy atom. The summed E-state index contributed by atoms with van der Waals surface area (Å²) in [7, 11) is 0. The van der Waals surface area contributed by atoms with Crippen LogP contribution in [0.5, 0.6) is 0 Å². The highest BCUT2D eigenvalue weighted by atomic mass is 35.5. The minimum Gasteiger partial charge on any atom is -0.400 e. The average Bonchev–Trinajstić information content (AvgIpc) is 2.31. The molecule has 0 saturated heterocycles. The van der Waals surface area contributed by atoms with Crippen LogP contribution in [0.2, 0.25) is 0 Å². The lowest BCUT2D eigenvalue weighted by Crippen LogP contribution is -2.44. The summed E-state index contributed by atoms with van der Waals surface area (Å²) in [4.78, 5) is 27.8. The molecule has 1 aromatic heterocycles. The molecular formula is C10H12ClF3N2O3. The van der Waals surface area contributed by atoms with E-state index >= 15 is 0 Å². The van der Waals surface area contributed by atoms with E-state index in [1.165, 1.54) is 6.92 Å². The molecule has 0 aromatic carbocycles. The first-order valence-corrected chi connectivity index (χ1v) is 5.89. The fraction of sp³-hybridized carbons (Fsp3) is 0.600. The van der Waals surface area contributed by atoms with E-state index in [9.17, 15) is 22.8 Å². The normalized spacial score (nSPS) is 11.6. The first-order chi connectivity index (χ1) is 8.76. The number of aryl methyl sites for hydroxylation is 1. The summed E-state index contributed by atoms with van der Waals surface area (Å²) in [6, 6.07) is 0. The molecule has 0 fully saturated rings. The number of hydrogen-bond acceptors (Lipinski definition) is 3. The molecule has 1 heterocycles. The minimum absolute atomic E-state index is 0.0260. The highest BCUT2D eigenvalue weighted by Crippen LogP contribution is 2.12. The maximum Gasteiger partial charge on any atom is 0.425 e. The molecule has 108 valence electrons. The van der Waals surface area contributed by atoms with Crippen molar-refractivity contribution in [3.8, 4) is 0 Å². The zero-order valence-corrected chi connectivity index (χ0v) is 10.8. The van der Waals surface area contributed by atoms with Crippen LogP contribution in [0.15, 0.2) is 15.8 Å². The summed E-state index contributed by atoms with van der Waals surface area (Å²) in [5.41, 5.74) is -1.41. The van der Waals surface area contributed by atoms with Gasteiger partial charge < -0.3 is 4.84 Å². The lowest BCUT2D eigenvalue weighted by Gasteiger charge is -2.13. The molecule has 5 nitrogen and oxygen atoms in total. The zero-order valence-electron chi connectivity index (χ0n) is 10.0. The fourth-order valence-electron chi connectivity index (χ4n) is 1.36. The van der Waals surface area contributed by atoms with E-state index in [1.54, 1.807) is 0 Å². The van der Waals surface area contributed by atoms with Gasteiger partial charge in [0.25, 0.3) is 5.56 Å². The standard InChI is InChI=1S/C10H12ClF3N2O3/c1-7-5-16(19-6-10(12,13)14)9(18)15(8(7)17)4-2-3-11/h5H,2-4,6H2,1H3. The number of rotatable bonds is 5. The molecule has 0 spiro atoms. The van der Waals surface area contributed by atoms with Crippen molar-refractivity contribution in [1.29, 1.82) is 0 Å². The van der Waals surface area contributed by atoms with E-state index in [2.05, 4.69) is 4.84 Å².